The van der Waals surface area contributed by atoms with Gasteiger partial charge in [0.2, 0.25) is 0 Å². The number of benzene rings is 2. The van der Waals surface area contributed by atoms with Crippen LogP contribution in [0.15, 0.2) is 35.2 Å². The molecule has 4 heteroatoms. The van der Waals surface area contributed by atoms with Gasteiger partial charge in [-0.15, -0.1) is 0 Å². The van der Waals surface area contributed by atoms with E-state index in [1.165, 1.54) is 96.3 Å². The summed E-state index contributed by atoms with van der Waals surface area (Å²) < 4.78 is 35.0. The Morgan fingerprint density at radius 2 is 1.03 bits per heavy atom. The molecule has 204 valence electrons. The van der Waals surface area contributed by atoms with Crippen molar-refractivity contribution >= 4 is 20.9 Å². The number of hydrogen-bond donors (Lipinski definition) is 1. The smallest absolute Gasteiger partial charge is 0.282 e. The van der Waals surface area contributed by atoms with E-state index in [1.54, 1.807) is 0 Å². The molecular weight excluding hydrogens is 464 g/mol. The standard InChI is InChI=1S/C32H52O3S/c1-3-5-7-9-11-13-15-17-19-21-28-23-24-29-25-26-30(32(31(29)27-28)36(33,34)35)22-20-18-16-14-12-10-8-6-4-2/h23-27H,3-22H2,1-2H3,(H,33,34,35). The van der Waals surface area contributed by atoms with E-state index in [0.29, 0.717) is 11.8 Å². The molecule has 3 nitrogen and oxygen atoms in total. The first-order chi connectivity index (χ1) is 17.5. The number of hydrogen-bond acceptors (Lipinski definition) is 2. The maximum Gasteiger partial charge on any atom is 0.295 e. The minimum absolute atomic E-state index is 0.133. The summed E-state index contributed by atoms with van der Waals surface area (Å²) >= 11 is 0. The average molecular weight is 517 g/mol. The third-order valence-corrected chi connectivity index (χ3v) is 8.49. The molecule has 0 unspecified atom stereocenters. The van der Waals surface area contributed by atoms with Gasteiger partial charge in [0.1, 0.15) is 4.90 Å². The van der Waals surface area contributed by atoms with Crippen LogP contribution >= 0.6 is 0 Å². The summed E-state index contributed by atoms with van der Waals surface area (Å²) in [6, 6.07) is 10.0. The Morgan fingerprint density at radius 1 is 0.583 bits per heavy atom. The zero-order valence-corrected chi connectivity index (χ0v) is 24.0. The van der Waals surface area contributed by atoms with Gasteiger partial charge in [-0.25, -0.2) is 0 Å². The Labute approximate surface area is 222 Å². The Bertz CT molecular complexity index is 960. The van der Waals surface area contributed by atoms with Crippen LogP contribution in [0.1, 0.15) is 141 Å². The molecule has 0 amide bonds. The Kier molecular flexibility index (Phi) is 15.4. The average Bonchev–Trinajstić information content (AvgIpc) is 2.85. The topological polar surface area (TPSA) is 54.4 Å². The third kappa shape index (κ3) is 11.8. The normalized spacial score (nSPS) is 12.0. The summed E-state index contributed by atoms with van der Waals surface area (Å²) in [5, 5.41) is 1.56. The van der Waals surface area contributed by atoms with Crippen LogP contribution in [0.5, 0.6) is 0 Å². The molecule has 2 aromatic carbocycles. The summed E-state index contributed by atoms with van der Waals surface area (Å²) in [6.07, 6.45) is 24.4. The highest BCUT2D eigenvalue weighted by Crippen LogP contribution is 2.30. The van der Waals surface area contributed by atoms with Gasteiger partial charge in [0, 0.05) is 5.39 Å². The second kappa shape index (κ2) is 18.0. The van der Waals surface area contributed by atoms with Gasteiger partial charge in [0.15, 0.2) is 0 Å². The van der Waals surface area contributed by atoms with Crippen molar-refractivity contribution in [3.8, 4) is 0 Å². The predicted octanol–water partition coefficient (Wildman–Crippen LogP) is 10.2. The van der Waals surface area contributed by atoms with E-state index >= 15 is 0 Å². The second-order valence-electron chi connectivity index (χ2n) is 10.7. The van der Waals surface area contributed by atoms with Gasteiger partial charge in [-0.05, 0) is 48.3 Å². The predicted molar refractivity (Wildman–Crippen MR) is 156 cm³/mol. The summed E-state index contributed by atoms with van der Waals surface area (Å²) in [4.78, 5) is 0.133. The molecule has 0 aliphatic carbocycles. The molecule has 0 saturated heterocycles. The zero-order valence-electron chi connectivity index (χ0n) is 23.2. The van der Waals surface area contributed by atoms with Gasteiger partial charge >= 0.3 is 0 Å². The van der Waals surface area contributed by atoms with Crippen molar-refractivity contribution in [1.29, 1.82) is 0 Å². The summed E-state index contributed by atoms with van der Waals surface area (Å²) in [7, 11) is -4.28. The van der Waals surface area contributed by atoms with Crippen LogP contribution in [0.2, 0.25) is 0 Å². The fraction of sp³-hybridized carbons (Fsp3) is 0.688. The molecule has 0 atom stereocenters. The van der Waals surface area contributed by atoms with Crippen molar-refractivity contribution in [2.24, 2.45) is 0 Å². The van der Waals surface area contributed by atoms with Crippen LogP contribution in [-0.4, -0.2) is 13.0 Å². The Morgan fingerprint density at radius 3 is 1.53 bits per heavy atom. The molecule has 0 radical (unpaired) electrons. The second-order valence-corrected chi connectivity index (χ2v) is 12.1. The lowest BCUT2D eigenvalue weighted by molar-refractivity contribution is 0.482. The van der Waals surface area contributed by atoms with Crippen molar-refractivity contribution in [2.75, 3.05) is 0 Å². The highest BCUT2D eigenvalue weighted by atomic mass is 32.2. The molecule has 0 bridgehead atoms. The lowest BCUT2D eigenvalue weighted by atomic mass is 9.98. The van der Waals surface area contributed by atoms with E-state index in [2.05, 4.69) is 19.9 Å². The Balaban J connectivity index is 1.89. The van der Waals surface area contributed by atoms with E-state index in [1.807, 2.05) is 24.3 Å². The summed E-state index contributed by atoms with van der Waals surface area (Å²) in [6.45, 7) is 4.50. The minimum Gasteiger partial charge on any atom is -0.282 e. The van der Waals surface area contributed by atoms with E-state index in [-0.39, 0.29) is 4.90 Å². The lowest BCUT2D eigenvalue weighted by Crippen LogP contribution is -2.05. The maximum atomic E-state index is 12.4. The number of unbranched alkanes of at least 4 members (excludes halogenated alkanes) is 16. The van der Waals surface area contributed by atoms with Crippen molar-refractivity contribution < 1.29 is 13.0 Å². The monoisotopic (exact) mass is 516 g/mol. The van der Waals surface area contributed by atoms with Crippen LogP contribution in [0, 0.1) is 0 Å². The van der Waals surface area contributed by atoms with E-state index < -0.39 is 10.1 Å². The quantitative estimate of drug-likeness (QED) is 0.133. The fourth-order valence-electron chi connectivity index (χ4n) is 5.31. The number of fused-ring (bicyclic) bond motifs is 1. The van der Waals surface area contributed by atoms with Gasteiger partial charge in [-0.2, -0.15) is 8.42 Å². The molecular formula is C32H52O3S. The minimum atomic E-state index is -4.28. The van der Waals surface area contributed by atoms with Gasteiger partial charge in [-0.1, -0.05) is 141 Å². The molecule has 0 aromatic heterocycles. The first-order valence-electron chi connectivity index (χ1n) is 15.0. The van der Waals surface area contributed by atoms with Crippen molar-refractivity contribution in [3.63, 3.8) is 0 Å². The van der Waals surface area contributed by atoms with Gasteiger partial charge in [0.25, 0.3) is 10.1 Å². The van der Waals surface area contributed by atoms with Crippen molar-refractivity contribution in [3.05, 3.63) is 41.5 Å². The van der Waals surface area contributed by atoms with Gasteiger partial charge in [-0.3, -0.25) is 4.55 Å². The van der Waals surface area contributed by atoms with E-state index in [9.17, 15) is 13.0 Å². The van der Waals surface area contributed by atoms with Crippen LogP contribution in [0.3, 0.4) is 0 Å². The molecule has 0 aliphatic heterocycles. The first-order valence-corrected chi connectivity index (χ1v) is 16.4. The summed E-state index contributed by atoms with van der Waals surface area (Å²) in [5.74, 6) is 0. The van der Waals surface area contributed by atoms with Crippen LogP contribution < -0.4 is 0 Å². The molecule has 0 spiro atoms. The highest BCUT2D eigenvalue weighted by Gasteiger charge is 2.19. The third-order valence-electron chi connectivity index (χ3n) is 7.49. The molecule has 0 saturated carbocycles. The van der Waals surface area contributed by atoms with Crippen molar-refractivity contribution in [1.82, 2.24) is 0 Å². The SMILES string of the molecule is CCCCCCCCCCCc1ccc2ccc(CCCCCCCCCCC)c(S(=O)(=O)O)c2c1. The molecule has 0 fully saturated rings. The fourth-order valence-corrected chi connectivity index (χ4v) is 6.26. The molecule has 0 aliphatic rings. The molecule has 2 aromatic rings. The van der Waals surface area contributed by atoms with Gasteiger partial charge < -0.3 is 0 Å². The number of rotatable bonds is 21. The van der Waals surface area contributed by atoms with E-state index in [0.717, 1.165) is 42.2 Å². The van der Waals surface area contributed by atoms with Gasteiger partial charge in [0.05, 0.1) is 0 Å². The molecule has 0 heterocycles. The molecule has 1 N–H and O–H groups in total. The summed E-state index contributed by atoms with van der Waals surface area (Å²) in [5.41, 5.74) is 1.92. The largest absolute Gasteiger partial charge is 0.295 e. The lowest BCUT2D eigenvalue weighted by Gasteiger charge is -2.12. The molecule has 36 heavy (non-hydrogen) atoms. The van der Waals surface area contributed by atoms with Crippen molar-refractivity contribution in [2.45, 2.75) is 147 Å². The van der Waals surface area contributed by atoms with Crippen LogP contribution in [-0.2, 0) is 23.0 Å². The molecule has 2 rings (SSSR count). The van der Waals surface area contributed by atoms with Crippen LogP contribution in [0.25, 0.3) is 10.8 Å². The zero-order chi connectivity index (χ0) is 26.1. The Hall–Kier alpha value is -1.39. The van der Waals surface area contributed by atoms with E-state index in [4.69, 9.17) is 0 Å². The highest BCUT2D eigenvalue weighted by molar-refractivity contribution is 7.86. The first kappa shape index (κ1) is 30.8. The maximum absolute atomic E-state index is 12.4. The van der Waals surface area contributed by atoms with Crippen LogP contribution in [0.4, 0.5) is 0 Å². The number of aryl methyl sites for hydroxylation is 2.